The summed E-state index contributed by atoms with van der Waals surface area (Å²) in [7, 11) is 1.54. The summed E-state index contributed by atoms with van der Waals surface area (Å²) in [6, 6.07) is 0. The van der Waals surface area contributed by atoms with Gasteiger partial charge in [-0.15, -0.1) is 0 Å². The number of carbonyl (C=O) groups is 1. The molecular formula is C12H26N2O2. The molecule has 1 fully saturated rings. The van der Waals surface area contributed by atoms with Crippen LogP contribution in [0.2, 0.25) is 0 Å². The zero-order valence-electron chi connectivity index (χ0n) is 11.3. The Morgan fingerprint density at radius 3 is 2.00 bits per heavy atom. The number of hydrogen-bond donors (Lipinski definition) is 1. The van der Waals surface area contributed by atoms with Gasteiger partial charge in [-0.1, -0.05) is 6.92 Å². The summed E-state index contributed by atoms with van der Waals surface area (Å²) in [5.74, 6) is 0. The highest BCUT2D eigenvalue weighted by Crippen LogP contribution is 2.05. The number of ether oxygens (including phenoxy) is 1. The molecule has 0 bridgehead atoms. The summed E-state index contributed by atoms with van der Waals surface area (Å²) in [4.78, 5) is 13.0. The largest absolute Gasteiger partial charge is 0.444 e. The molecule has 0 aliphatic carbocycles. The van der Waals surface area contributed by atoms with Gasteiger partial charge in [0.25, 0.3) is 0 Å². The monoisotopic (exact) mass is 230 g/mol. The average Bonchev–Trinajstić information content (AvgIpc) is 2.68. The molecule has 96 valence electrons. The summed E-state index contributed by atoms with van der Waals surface area (Å²) in [5, 5.41) is 2.36. The first-order valence-electron chi connectivity index (χ1n) is 6.02. The van der Waals surface area contributed by atoms with Crippen molar-refractivity contribution in [2.24, 2.45) is 0 Å². The van der Waals surface area contributed by atoms with Crippen LogP contribution in [0.5, 0.6) is 0 Å². The van der Waals surface area contributed by atoms with E-state index in [-0.39, 0.29) is 11.7 Å². The minimum absolute atomic E-state index is 0.387. The zero-order valence-corrected chi connectivity index (χ0v) is 11.3. The van der Waals surface area contributed by atoms with Crippen LogP contribution >= 0.6 is 0 Å². The number of rotatable bonds is 1. The van der Waals surface area contributed by atoms with E-state index in [2.05, 4.69) is 17.1 Å². The summed E-state index contributed by atoms with van der Waals surface area (Å²) in [6.07, 6.45) is 2.46. The molecular weight excluding hydrogens is 204 g/mol. The van der Waals surface area contributed by atoms with Crippen LogP contribution < -0.4 is 5.32 Å². The van der Waals surface area contributed by atoms with Gasteiger partial charge in [-0.2, -0.15) is 0 Å². The molecule has 4 heteroatoms. The first-order valence-corrected chi connectivity index (χ1v) is 6.02. The van der Waals surface area contributed by atoms with Crippen LogP contribution in [0, 0.1) is 0 Å². The van der Waals surface area contributed by atoms with Crippen molar-refractivity contribution in [3.63, 3.8) is 0 Å². The maximum Gasteiger partial charge on any atom is 0.407 e. The lowest BCUT2D eigenvalue weighted by Crippen LogP contribution is -2.30. The standard InChI is InChI=1S/C6H13NO2.C6H13N/c1-6(2,3)9-5(8)7-4;1-2-7-5-3-4-6-7/h1-4H3,(H,7,8);2-6H2,1H3. The highest BCUT2D eigenvalue weighted by atomic mass is 16.6. The predicted molar refractivity (Wildman–Crippen MR) is 66.6 cm³/mol. The van der Waals surface area contributed by atoms with Gasteiger partial charge in [0.05, 0.1) is 0 Å². The quantitative estimate of drug-likeness (QED) is 0.751. The van der Waals surface area contributed by atoms with Crippen LogP contribution in [0.3, 0.4) is 0 Å². The molecule has 1 heterocycles. The maximum absolute atomic E-state index is 10.5. The summed E-state index contributed by atoms with van der Waals surface area (Å²) < 4.78 is 4.84. The molecule has 0 radical (unpaired) electrons. The van der Waals surface area contributed by atoms with Crippen LogP contribution in [0.4, 0.5) is 4.79 Å². The topological polar surface area (TPSA) is 41.6 Å². The number of carbonyl (C=O) groups excluding carboxylic acids is 1. The van der Waals surface area contributed by atoms with Gasteiger partial charge in [-0.05, 0) is 53.2 Å². The lowest BCUT2D eigenvalue weighted by atomic mass is 10.2. The highest BCUT2D eigenvalue weighted by molar-refractivity contribution is 5.67. The van der Waals surface area contributed by atoms with E-state index in [1.165, 1.54) is 39.5 Å². The van der Waals surface area contributed by atoms with Gasteiger partial charge < -0.3 is 15.0 Å². The van der Waals surface area contributed by atoms with Gasteiger partial charge in [-0.3, -0.25) is 0 Å². The molecule has 0 atom stereocenters. The normalized spacial score (nSPS) is 16.3. The fraction of sp³-hybridized carbons (Fsp3) is 0.917. The Labute approximate surface area is 99.3 Å². The number of hydrogen-bond acceptors (Lipinski definition) is 3. The van der Waals surface area contributed by atoms with Gasteiger partial charge in [0, 0.05) is 7.05 Å². The van der Waals surface area contributed by atoms with Crippen molar-refractivity contribution < 1.29 is 9.53 Å². The minimum Gasteiger partial charge on any atom is -0.444 e. The lowest BCUT2D eigenvalue weighted by molar-refractivity contribution is 0.0541. The second-order valence-electron chi connectivity index (χ2n) is 4.89. The third kappa shape index (κ3) is 8.53. The van der Waals surface area contributed by atoms with Crippen LogP contribution in [-0.4, -0.2) is 43.3 Å². The van der Waals surface area contributed by atoms with Crippen molar-refractivity contribution in [2.45, 2.75) is 46.1 Å². The summed E-state index contributed by atoms with van der Waals surface area (Å²) in [6.45, 7) is 11.6. The van der Waals surface area contributed by atoms with Crippen molar-refractivity contribution >= 4 is 6.09 Å². The Kier molecular flexibility index (Phi) is 7.13. The first kappa shape index (κ1) is 15.2. The van der Waals surface area contributed by atoms with Crippen molar-refractivity contribution in [1.29, 1.82) is 0 Å². The molecule has 0 saturated carbocycles. The van der Waals surface area contributed by atoms with E-state index in [1.807, 2.05) is 20.8 Å². The minimum atomic E-state index is -0.389. The molecule has 16 heavy (non-hydrogen) atoms. The molecule has 1 aliphatic heterocycles. The molecule has 4 nitrogen and oxygen atoms in total. The zero-order chi connectivity index (χ0) is 12.6. The smallest absolute Gasteiger partial charge is 0.407 e. The molecule has 1 aliphatic rings. The number of nitrogens with zero attached hydrogens (tertiary/aromatic N) is 1. The number of likely N-dealkylation sites (tertiary alicyclic amines) is 1. The van der Waals surface area contributed by atoms with Crippen molar-refractivity contribution in [2.75, 3.05) is 26.7 Å². The van der Waals surface area contributed by atoms with E-state index in [0.29, 0.717) is 0 Å². The molecule has 0 unspecified atom stereocenters. The van der Waals surface area contributed by atoms with Crippen LogP contribution in [0.15, 0.2) is 0 Å². The lowest BCUT2D eigenvalue weighted by Gasteiger charge is -2.18. The van der Waals surface area contributed by atoms with E-state index < -0.39 is 0 Å². The average molecular weight is 230 g/mol. The van der Waals surface area contributed by atoms with Crippen LogP contribution in [0.1, 0.15) is 40.5 Å². The first-order chi connectivity index (χ1) is 7.39. The number of amides is 1. The molecule has 1 saturated heterocycles. The predicted octanol–water partition coefficient (Wildman–Crippen LogP) is 2.24. The van der Waals surface area contributed by atoms with E-state index in [9.17, 15) is 4.79 Å². The fourth-order valence-electron chi connectivity index (χ4n) is 1.43. The summed E-state index contributed by atoms with van der Waals surface area (Å²) in [5.41, 5.74) is -0.389. The fourth-order valence-corrected chi connectivity index (χ4v) is 1.43. The van der Waals surface area contributed by atoms with Crippen molar-refractivity contribution in [1.82, 2.24) is 10.2 Å². The van der Waals surface area contributed by atoms with Gasteiger partial charge >= 0.3 is 6.09 Å². The molecule has 1 N–H and O–H groups in total. The van der Waals surface area contributed by atoms with Gasteiger partial charge in [0.2, 0.25) is 0 Å². The van der Waals surface area contributed by atoms with Crippen molar-refractivity contribution in [3.8, 4) is 0 Å². The SMILES string of the molecule is CCN1CCCC1.CNC(=O)OC(C)(C)C. The Hall–Kier alpha value is -0.770. The van der Waals surface area contributed by atoms with Gasteiger partial charge in [0.1, 0.15) is 5.60 Å². The Morgan fingerprint density at radius 1 is 1.31 bits per heavy atom. The van der Waals surface area contributed by atoms with E-state index in [4.69, 9.17) is 4.74 Å². The van der Waals surface area contributed by atoms with Crippen molar-refractivity contribution in [3.05, 3.63) is 0 Å². The summed E-state index contributed by atoms with van der Waals surface area (Å²) >= 11 is 0. The Morgan fingerprint density at radius 2 is 1.81 bits per heavy atom. The molecule has 0 aromatic rings. The molecule has 1 amide bonds. The second-order valence-corrected chi connectivity index (χ2v) is 4.89. The molecule has 1 rings (SSSR count). The van der Waals surface area contributed by atoms with Crippen LogP contribution in [-0.2, 0) is 4.74 Å². The third-order valence-electron chi connectivity index (χ3n) is 2.25. The second kappa shape index (κ2) is 7.49. The number of alkyl carbamates (subject to hydrolysis) is 1. The molecule has 0 spiro atoms. The van der Waals surface area contributed by atoms with Gasteiger partial charge in [-0.25, -0.2) is 4.79 Å². The molecule has 0 aromatic heterocycles. The van der Waals surface area contributed by atoms with Gasteiger partial charge in [0.15, 0.2) is 0 Å². The third-order valence-corrected chi connectivity index (χ3v) is 2.25. The Balaban J connectivity index is 0.000000288. The highest BCUT2D eigenvalue weighted by Gasteiger charge is 2.13. The van der Waals surface area contributed by atoms with E-state index in [1.54, 1.807) is 0 Å². The van der Waals surface area contributed by atoms with E-state index in [0.717, 1.165) is 0 Å². The molecule has 0 aromatic carbocycles. The Bertz CT molecular complexity index is 194. The van der Waals surface area contributed by atoms with E-state index >= 15 is 0 Å². The number of nitrogens with one attached hydrogen (secondary N) is 1. The van der Waals surface area contributed by atoms with Crippen LogP contribution in [0.25, 0.3) is 0 Å². The maximum atomic E-state index is 10.5.